The fourth-order valence-electron chi connectivity index (χ4n) is 1.46. The number of rotatable bonds is 8. The molecule has 1 amide bonds. The third kappa shape index (κ3) is 5.42. The number of aromatic nitrogens is 3. The topological polar surface area (TPSA) is 79.9 Å². The number of carbonyl (C=O) groups is 1. The van der Waals surface area contributed by atoms with E-state index in [4.69, 9.17) is 16.3 Å². The molecule has 0 aliphatic heterocycles. The van der Waals surface area contributed by atoms with Crippen LogP contribution in [0.3, 0.4) is 0 Å². The maximum absolute atomic E-state index is 11.4. The quantitative estimate of drug-likeness (QED) is 0.571. The molecule has 0 aliphatic carbocycles. The molecule has 0 spiro atoms. The molecule has 0 saturated heterocycles. The molecule has 0 atom stereocenters. The Morgan fingerprint density at radius 2 is 2.23 bits per heavy atom. The van der Waals surface area contributed by atoms with E-state index >= 15 is 0 Å². The minimum Gasteiger partial charge on any atom is -0.486 e. The van der Waals surface area contributed by atoms with Gasteiger partial charge in [0.25, 0.3) is 0 Å². The van der Waals surface area contributed by atoms with E-state index in [1.807, 2.05) is 0 Å². The lowest BCUT2D eigenvalue weighted by Crippen LogP contribution is -2.24. The predicted octanol–water partition coefficient (Wildman–Crippen LogP) is 2.43. The van der Waals surface area contributed by atoms with Crippen LogP contribution in [-0.2, 0) is 11.4 Å². The van der Waals surface area contributed by atoms with Crippen molar-refractivity contribution in [2.45, 2.75) is 11.8 Å². The average molecular weight is 339 g/mol. The molecule has 1 heterocycles. The van der Waals surface area contributed by atoms with Gasteiger partial charge in [-0.2, -0.15) is 0 Å². The number of nitrogens with zero attached hydrogens (tertiary/aromatic N) is 2. The van der Waals surface area contributed by atoms with E-state index < -0.39 is 0 Å². The van der Waals surface area contributed by atoms with E-state index in [1.165, 1.54) is 11.8 Å². The number of thioether (sulfide) groups is 1. The molecule has 1 aromatic heterocycles. The summed E-state index contributed by atoms with van der Waals surface area (Å²) in [6.45, 7) is 4.25. The zero-order valence-electron chi connectivity index (χ0n) is 11.7. The number of ether oxygens (including phenoxy) is 1. The Bertz CT molecular complexity index is 630. The van der Waals surface area contributed by atoms with E-state index in [0.29, 0.717) is 28.3 Å². The molecule has 8 heteroatoms. The van der Waals surface area contributed by atoms with Crippen molar-refractivity contribution in [3.8, 4) is 5.75 Å². The normalized spacial score (nSPS) is 10.2. The summed E-state index contributed by atoms with van der Waals surface area (Å²) in [6, 6.07) is 7.05. The lowest BCUT2D eigenvalue weighted by atomic mass is 10.3. The highest BCUT2D eigenvalue weighted by atomic mass is 35.5. The number of halogens is 1. The molecule has 2 rings (SSSR count). The van der Waals surface area contributed by atoms with Crippen LogP contribution in [0.2, 0.25) is 5.02 Å². The molecule has 0 bridgehead atoms. The van der Waals surface area contributed by atoms with Crippen molar-refractivity contribution in [3.63, 3.8) is 0 Å². The second-order valence-electron chi connectivity index (χ2n) is 4.19. The Hall–Kier alpha value is -1.99. The van der Waals surface area contributed by atoms with Gasteiger partial charge in [-0.25, -0.2) is 4.98 Å². The van der Waals surface area contributed by atoms with Gasteiger partial charge in [0.2, 0.25) is 11.1 Å². The van der Waals surface area contributed by atoms with Gasteiger partial charge in [-0.3, -0.25) is 9.89 Å². The predicted molar refractivity (Wildman–Crippen MR) is 86.1 cm³/mol. The number of carbonyl (C=O) groups excluding carboxylic acids is 1. The van der Waals surface area contributed by atoms with Crippen LogP contribution >= 0.6 is 23.4 Å². The Balaban J connectivity index is 1.77. The summed E-state index contributed by atoms with van der Waals surface area (Å²) in [4.78, 5) is 15.7. The van der Waals surface area contributed by atoms with Crippen LogP contribution in [0.1, 0.15) is 5.82 Å². The van der Waals surface area contributed by atoms with Gasteiger partial charge in [0.15, 0.2) is 5.82 Å². The SMILES string of the molecule is C=CCNC(=O)CSc1n[nH]c(COc2ccc(Cl)cc2)n1. The number of hydrogen-bond acceptors (Lipinski definition) is 5. The fourth-order valence-corrected chi connectivity index (χ4v) is 2.23. The average Bonchev–Trinajstić information content (AvgIpc) is 2.98. The van der Waals surface area contributed by atoms with Crippen molar-refractivity contribution in [3.05, 3.63) is 47.8 Å². The smallest absolute Gasteiger partial charge is 0.230 e. The highest BCUT2D eigenvalue weighted by Gasteiger charge is 2.07. The molecule has 2 N–H and O–H groups in total. The molecule has 1 aromatic carbocycles. The van der Waals surface area contributed by atoms with Gasteiger partial charge >= 0.3 is 0 Å². The van der Waals surface area contributed by atoms with Crippen LogP contribution in [0.4, 0.5) is 0 Å². The van der Waals surface area contributed by atoms with Gasteiger partial charge in [0, 0.05) is 11.6 Å². The zero-order chi connectivity index (χ0) is 15.8. The van der Waals surface area contributed by atoms with E-state index in [0.717, 1.165) is 0 Å². The first kappa shape index (κ1) is 16.4. The zero-order valence-corrected chi connectivity index (χ0v) is 13.3. The molecule has 0 saturated carbocycles. The number of H-pyrrole nitrogens is 1. The first-order valence-corrected chi connectivity index (χ1v) is 7.84. The molecule has 6 nitrogen and oxygen atoms in total. The molecular weight excluding hydrogens is 324 g/mol. The lowest BCUT2D eigenvalue weighted by molar-refractivity contribution is -0.118. The minimum absolute atomic E-state index is 0.0892. The number of aromatic amines is 1. The summed E-state index contributed by atoms with van der Waals surface area (Å²) in [6.07, 6.45) is 1.63. The van der Waals surface area contributed by atoms with E-state index in [2.05, 4.69) is 27.1 Å². The second kappa shape index (κ2) is 8.45. The fraction of sp³-hybridized carbons (Fsp3) is 0.214. The van der Waals surface area contributed by atoms with Crippen molar-refractivity contribution in [2.24, 2.45) is 0 Å². The molecular formula is C14H15ClN4O2S. The number of nitrogens with one attached hydrogen (secondary N) is 2. The Morgan fingerprint density at radius 1 is 1.45 bits per heavy atom. The van der Waals surface area contributed by atoms with Crippen molar-refractivity contribution in [1.29, 1.82) is 0 Å². The number of amides is 1. The number of hydrogen-bond donors (Lipinski definition) is 2. The van der Waals surface area contributed by atoms with Gasteiger partial charge < -0.3 is 10.1 Å². The summed E-state index contributed by atoms with van der Waals surface area (Å²) in [5.41, 5.74) is 0. The van der Waals surface area contributed by atoms with Crippen molar-refractivity contribution < 1.29 is 9.53 Å². The van der Waals surface area contributed by atoms with Gasteiger partial charge in [-0.15, -0.1) is 11.7 Å². The highest BCUT2D eigenvalue weighted by molar-refractivity contribution is 7.99. The van der Waals surface area contributed by atoms with Crippen LogP contribution < -0.4 is 10.1 Å². The standard InChI is InChI=1S/C14H15ClN4O2S/c1-2-7-16-13(20)9-22-14-17-12(18-19-14)8-21-11-5-3-10(15)4-6-11/h2-6H,1,7-9H2,(H,16,20)(H,17,18,19). The molecule has 22 heavy (non-hydrogen) atoms. The van der Waals surface area contributed by atoms with Crippen LogP contribution in [0, 0.1) is 0 Å². The molecule has 0 fully saturated rings. The summed E-state index contributed by atoms with van der Waals surface area (Å²) < 4.78 is 5.55. The maximum Gasteiger partial charge on any atom is 0.230 e. The molecule has 2 aromatic rings. The second-order valence-corrected chi connectivity index (χ2v) is 5.57. The van der Waals surface area contributed by atoms with E-state index in [1.54, 1.807) is 30.3 Å². The third-order valence-corrected chi connectivity index (χ3v) is 3.58. The Kier molecular flexibility index (Phi) is 6.29. The summed E-state index contributed by atoms with van der Waals surface area (Å²) in [5.74, 6) is 1.44. The minimum atomic E-state index is -0.0892. The van der Waals surface area contributed by atoms with Gasteiger partial charge in [0.05, 0.1) is 5.75 Å². The summed E-state index contributed by atoms with van der Waals surface area (Å²) in [7, 11) is 0. The largest absolute Gasteiger partial charge is 0.486 e. The Morgan fingerprint density at radius 3 is 2.95 bits per heavy atom. The molecule has 0 radical (unpaired) electrons. The molecule has 0 unspecified atom stereocenters. The monoisotopic (exact) mass is 338 g/mol. The summed E-state index contributed by atoms with van der Waals surface area (Å²) in [5, 5.41) is 10.6. The van der Waals surface area contributed by atoms with Crippen LogP contribution in [-0.4, -0.2) is 33.4 Å². The lowest BCUT2D eigenvalue weighted by Gasteiger charge is -2.03. The van der Waals surface area contributed by atoms with Crippen molar-refractivity contribution >= 4 is 29.3 Å². The van der Waals surface area contributed by atoms with Gasteiger partial charge in [0.1, 0.15) is 12.4 Å². The number of benzene rings is 1. The maximum atomic E-state index is 11.4. The van der Waals surface area contributed by atoms with Crippen LogP contribution in [0.15, 0.2) is 42.1 Å². The first-order chi connectivity index (χ1) is 10.7. The van der Waals surface area contributed by atoms with Crippen LogP contribution in [0.5, 0.6) is 5.75 Å². The first-order valence-electron chi connectivity index (χ1n) is 6.47. The highest BCUT2D eigenvalue weighted by Crippen LogP contribution is 2.17. The summed E-state index contributed by atoms with van der Waals surface area (Å²) >= 11 is 7.05. The molecule has 116 valence electrons. The van der Waals surface area contributed by atoms with Gasteiger partial charge in [-0.05, 0) is 24.3 Å². The van der Waals surface area contributed by atoms with E-state index in [9.17, 15) is 4.79 Å². The Labute approximate surface area is 137 Å². The molecule has 0 aliphatic rings. The van der Waals surface area contributed by atoms with Crippen LogP contribution in [0.25, 0.3) is 0 Å². The third-order valence-electron chi connectivity index (χ3n) is 2.48. The van der Waals surface area contributed by atoms with Crippen molar-refractivity contribution in [2.75, 3.05) is 12.3 Å². The van der Waals surface area contributed by atoms with Gasteiger partial charge in [-0.1, -0.05) is 29.4 Å². The van der Waals surface area contributed by atoms with E-state index in [-0.39, 0.29) is 18.3 Å². The van der Waals surface area contributed by atoms with Crippen molar-refractivity contribution in [1.82, 2.24) is 20.5 Å².